The first-order valence-corrected chi connectivity index (χ1v) is 12.9. The minimum atomic E-state index is -1.12. The summed E-state index contributed by atoms with van der Waals surface area (Å²) in [4.78, 5) is 44.9. The Kier molecular flexibility index (Phi) is 9.22. The molecular weight excluding hydrogens is 502 g/mol. The summed E-state index contributed by atoms with van der Waals surface area (Å²) in [5.41, 5.74) is 7.11. The van der Waals surface area contributed by atoms with Crippen molar-refractivity contribution in [2.24, 2.45) is 5.73 Å². The Morgan fingerprint density at radius 1 is 1.05 bits per heavy atom. The molecule has 0 saturated carbocycles. The highest BCUT2D eigenvalue weighted by Crippen LogP contribution is 2.36. The average molecular weight is 540 g/mol. The van der Waals surface area contributed by atoms with E-state index in [1.165, 1.54) is 0 Å². The summed E-state index contributed by atoms with van der Waals surface area (Å²) in [6, 6.07) is 16.9. The van der Waals surface area contributed by atoms with Gasteiger partial charge in [0.15, 0.2) is 0 Å². The number of H-pyrrole nitrogens is 1. The number of fused-ring (bicyclic) bond motifs is 1. The third kappa shape index (κ3) is 6.03. The molecule has 0 radical (unpaired) electrons. The quantitative estimate of drug-likeness (QED) is 0.351. The molecule has 1 aliphatic heterocycles. The number of piperidine rings is 1. The number of rotatable bonds is 8. The molecule has 2 heterocycles. The van der Waals surface area contributed by atoms with Gasteiger partial charge in [0.2, 0.25) is 17.7 Å². The van der Waals surface area contributed by atoms with Crippen molar-refractivity contribution in [3.63, 3.8) is 0 Å². The molecule has 38 heavy (non-hydrogen) atoms. The van der Waals surface area contributed by atoms with E-state index in [0.717, 1.165) is 22.0 Å². The lowest BCUT2D eigenvalue weighted by Gasteiger charge is -2.42. The van der Waals surface area contributed by atoms with Gasteiger partial charge >= 0.3 is 0 Å². The van der Waals surface area contributed by atoms with E-state index in [1.807, 2.05) is 67.7 Å². The van der Waals surface area contributed by atoms with Gasteiger partial charge in [0, 0.05) is 43.2 Å². The highest BCUT2D eigenvalue weighted by atomic mass is 35.5. The molecule has 3 amide bonds. The molecule has 5 N–H and O–H groups in total. The molecule has 4 rings (SSSR count). The Morgan fingerprint density at radius 2 is 1.68 bits per heavy atom. The molecule has 204 valence electrons. The Morgan fingerprint density at radius 3 is 2.32 bits per heavy atom. The van der Waals surface area contributed by atoms with E-state index in [0.29, 0.717) is 38.9 Å². The molecular formula is C29H38ClN5O3. The van der Waals surface area contributed by atoms with E-state index >= 15 is 0 Å². The zero-order chi connectivity index (χ0) is 26.6. The number of para-hydroxylation sites is 1. The fraction of sp³-hybridized carbons (Fsp3) is 0.414. The largest absolute Gasteiger partial charge is 0.361 e. The minimum absolute atomic E-state index is 0. The topological polar surface area (TPSA) is 120 Å². The molecule has 1 atom stereocenters. The first-order valence-electron chi connectivity index (χ1n) is 12.9. The van der Waals surface area contributed by atoms with Crippen molar-refractivity contribution >= 4 is 41.0 Å². The molecule has 1 aromatic heterocycles. The number of carbonyl (C=O) groups excluding carboxylic acids is 3. The maximum absolute atomic E-state index is 13.8. The number of nitrogens with zero attached hydrogens (tertiary/aromatic N) is 1. The standard InChI is InChI=1S/C29H37N5O3.ClH/c1-4-31-27(37)29(21-10-6-5-7-11-21)14-16-34(17-15-29)25(35)24(33-26(36)28(2,3)30)18-20-19-32-23-13-9-8-12-22(20)23;/h5-13,19,24,32H,4,14-18,30H2,1-3H3,(H,31,37)(H,33,36);1H. The molecule has 3 aromatic rings. The molecule has 0 spiro atoms. The van der Waals surface area contributed by atoms with E-state index in [9.17, 15) is 14.4 Å². The average Bonchev–Trinajstić information content (AvgIpc) is 3.30. The van der Waals surface area contributed by atoms with Gasteiger partial charge in [-0.1, -0.05) is 48.5 Å². The predicted molar refractivity (Wildman–Crippen MR) is 152 cm³/mol. The van der Waals surface area contributed by atoms with E-state index in [4.69, 9.17) is 5.73 Å². The van der Waals surface area contributed by atoms with Gasteiger partial charge in [-0.15, -0.1) is 12.4 Å². The number of hydrogen-bond donors (Lipinski definition) is 4. The second-order valence-electron chi connectivity index (χ2n) is 10.4. The van der Waals surface area contributed by atoms with Gasteiger partial charge in [0.05, 0.1) is 11.0 Å². The van der Waals surface area contributed by atoms with Crippen LogP contribution in [0.15, 0.2) is 60.8 Å². The summed E-state index contributed by atoms with van der Waals surface area (Å²) < 4.78 is 0. The lowest BCUT2D eigenvalue weighted by molar-refractivity contribution is -0.140. The SMILES string of the molecule is CCNC(=O)C1(c2ccccc2)CCN(C(=O)C(Cc2c[nH]c3ccccc23)NC(=O)C(C)(C)N)CC1.Cl. The number of aromatic nitrogens is 1. The van der Waals surface area contributed by atoms with Crippen LogP contribution in [0.1, 0.15) is 44.7 Å². The lowest BCUT2D eigenvalue weighted by Crippen LogP contribution is -2.59. The lowest BCUT2D eigenvalue weighted by atomic mass is 9.72. The zero-order valence-electron chi connectivity index (χ0n) is 22.3. The van der Waals surface area contributed by atoms with Crippen LogP contribution in [0.3, 0.4) is 0 Å². The molecule has 1 saturated heterocycles. The monoisotopic (exact) mass is 539 g/mol. The summed E-state index contributed by atoms with van der Waals surface area (Å²) in [7, 11) is 0. The Hall–Kier alpha value is -3.36. The number of likely N-dealkylation sites (N-methyl/N-ethyl adjacent to an activating group) is 1. The number of amides is 3. The van der Waals surface area contributed by atoms with Gasteiger partial charge in [0.25, 0.3) is 0 Å². The van der Waals surface area contributed by atoms with Crippen LogP contribution in [0, 0.1) is 0 Å². The van der Waals surface area contributed by atoms with Crippen LogP contribution in [0.4, 0.5) is 0 Å². The summed E-state index contributed by atoms with van der Waals surface area (Å²) in [5.74, 6) is -0.564. The Balaban J connectivity index is 0.00000400. The first-order chi connectivity index (χ1) is 17.7. The van der Waals surface area contributed by atoms with Gasteiger partial charge in [-0.2, -0.15) is 0 Å². The third-order valence-corrected chi connectivity index (χ3v) is 7.31. The number of halogens is 1. The third-order valence-electron chi connectivity index (χ3n) is 7.31. The number of carbonyl (C=O) groups is 3. The van der Waals surface area contributed by atoms with Crippen molar-refractivity contribution < 1.29 is 14.4 Å². The van der Waals surface area contributed by atoms with Crippen molar-refractivity contribution in [2.75, 3.05) is 19.6 Å². The maximum Gasteiger partial charge on any atom is 0.245 e. The van der Waals surface area contributed by atoms with Gasteiger partial charge in [-0.25, -0.2) is 0 Å². The smallest absolute Gasteiger partial charge is 0.245 e. The van der Waals surface area contributed by atoms with Crippen molar-refractivity contribution in [3.05, 3.63) is 71.9 Å². The molecule has 2 aromatic carbocycles. The van der Waals surface area contributed by atoms with Crippen LogP contribution in [-0.2, 0) is 26.2 Å². The van der Waals surface area contributed by atoms with Gasteiger partial charge in [-0.05, 0) is 50.8 Å². The van der Waals surface area contributed by atoms with Gasteiger partial charge in [-0.3, -0.25) is 14.4 Å². The fourth-order valence-electron chi connectivity index (χ4n) is 5.13. The minimum Gasteiger partial charge on any atom is -0.361 e. The number of benzene rings is 2. The van der Waals surface area contributed by atoms with Crippen molar-refractivity contribution in [1.29, 1.82) is 0 Å². The molecule has 1 aliphatic rings. The van der Waals surface area contributed by atoms with Crippen LogP contribution in [-0.4, -0.2) is 58.8 Å². The van der Waals surface area contributed by atoms with Crippen LogP contribution >= 0.6 is 12.4 Å². The van der Waals surface area contributed by atoms with Crippen molar-refractivity contribution in [2.45, 2.75) is 57.0 Å². The first kappa shape index (κ1) is 29.2. The number of likely N-dealkylation sites (tertiary alicyclic amines) is 1. The maximum atomic E-state index is 13.8. The molecule has 1 fully saturated rings. The van der Waals surface area contributed by atoms with Crippen LogP contribution < -0.4 is 16.4 Å². The predicted octanol–water partition coefficient (Wildman–Crippen LogP) is 3.05. The number of aromatic amines is 1. The fourth-order valence-corrected chi connectivity index (χ4v) is 5.13. The summed E-state index contributed by atoms with van der Waals surface area (Å²) >= 11 is 0. The number of nitrogens with two attached hydrogens (primary N) is 1. The normalized spacial score (nSPS) is 15.8. The summed E-state index contributed by atoms with van der Waals surface area (Å²) in [6.45, 7) is 6.53. The zero-order valence-corrected chi connectivity index (χ0v) is 23.1. The van der Waals surface area contributed by atoms with Crippen molar-refractivity contribution in [3.8, 4) is 0 Å². The highest BCUT2D eigenvalue weighted by molar-refractivity contribution is 5.93. The molecule has 9 heteroatoms. The highest BCUT2D eigenvalue weighted by Gasteiger charge is 2.44. The Labute approximate surface area is 230 Å². The second-order valence-corrected chi connectivity index (χ2v) is 10.4. The number of hydrogen-bond acceptors (Lipinski definition) is 4. The van der Waals surface area contributed by atoms with E-state index in [-0.39, 0.29) is 30.1 Å². The summed E-state index contributed by atoms with van der Waals surface area (Å²) in [6.07, 6.45) is 3.23. The molecule has 0 bridgehead atoms. The van der Waals surface area contributed by atoms with Gasteiger partial charge in [0.1, 0.15) is 6.04 Å². The van der Waals surface area contributed by atoms with Crippen LogP contribution in [0.5, 0.6) is 0 Å². The molecule has 0 aliphatic carbocycles. The summed E-state index contributed by atoms with van der Waals surface area (Å²) in [5, 5.41) is 6.91. The number of nitrogens with one attached hydrogen (secondary N) is 3. The van der Waals surface area contributed by atoms with E-state index in [1.54, 1.807) is 18.7 Å². The van der Waals surface area contributed by atoms with Crippen LogP contribution in [0.2, 0.25) is 0 Å². The second kappa shape index (κ2) is 12.0. The van der Waals surface area contributed by atoms with Gasteiger partial charge < -0.3 is 26.3 Å². The van der Waals surface area contributed by atoms with Crippen LogP contribution in [0.25, 0.3) is 10.9 Å². The van der Waals surface area contributed by atoms with E-state index in [2.05, 4.69) is 15.6 Å². The Bertz CT molecular complexity index is 1260. The van der Waals surface area contributed by atoms with Crippen molar-refractivity contribution in [1.82, 2.24) is 20.5 Å². The van der Waals surface area contributed by atoms with E-state index < -0.39 is 17.0 Å². The molecule has 8 nitrogen and oxygen atoms in total. The molecule has 1 unspecified atom stereocenters.